The van der Waals surface area contributed by atoms with Gasteiger partial charge in [-0.15, -0.1) is 24.0 Å². The summed E-state index contributed by atoms with van der Waals surface area (Å²) in [6.07, 6.45) is 1.76. The molecule has 2 saturated heterocycles. The average molecular weight is 522 g/mol. The van der Waals surface area contributed by atoms with Crippen molar-refractivity contribution < 1.29 is 9.53 Å². The maximum Gasteiger partial charge on any atom is 0.225 e. The lowest BCUT2D eigenvalue weighted by atomic mass is 9.95. The summed E-state index contributed by atoms with van der Waals surface area (Å²) in [5.74, 6) is 1.34. The topological polar surface area (TPSA) is 57.2 Å². The highest BCUT2D eigenvalue weighted by Gasteiger charge is 2.30. The molecule has 0 aliphatic carbocycles. The molecule has 2 aliphatic heterocycles. The molecule has 0 saturated carbocycles. The fourth-order valence-electron chi connectivity index (χ4n) is 4.33. The smallest absolute Gasteiger partial charge is 0.225 e. The van der Waals surface area contributed by atoms with Gasteiger partial charge in [0.25, 0.3) is 0 Å². The van der Waals surface area contributed by atoms with Gasteiger partial charge in [-0.1, -0.05) is 42.5 Å². The minimum atomic E-state index is 0. The van der Waals surface area contributed by atoms with Crippen LogP contribution in [-0.4, -0.2) is 68.1 Å². The molecular weight excluding hydrogens is 491 g/mol. The standard InChI is InChI=1S/C23H30N4O2.HI/c1-24-23(25-17-20-7-4-6-18-5-2-3-8-21(18)20)27-11-9-19(10-12-27)22(28)26-13-15-29-16-14-26;/h2-8,19H,9-17H2,1H3,(H,24,25);1H. The van der Waals surface area contributed by atoms with E-state index in [9.17, 15) is 4.79 Å². The number of benzene rings is 2. The summed E-state index contributed by atoms with van der Waals surface area (Å²) in [6, 6.07) is 14.9. The average Bonchev–Trinajstić information content (AvgIpc) is 2.80. The van der Waals surface area contributed by atoms with E-state index >= 15 is 0 Å². The van der Waals surface area contributed by atoms with Crippen molar-refractivity contribution in [2.45, 2.75) is 19.4 Å². The number of aliphatic imine (C=N–C) groups is 1. The van der Waals surface area contributed by atoms with E-state index in [1.807, 2.05) is 11.9 Å². The van der Waals surface area contributed by atoms with E-state index in [1.165, 1.54) is 16.3 Å². The number of hydrogen-bond acceptors (Lipinski definition) is 3. The van der Waals surface area contributed by atoms with E-state index in [0.29, 0.717) is 19.1 Å². The van der Waals surface area contributed by atoms with Crippen molar-refractivity contribution in [3.8, 4) is 0 Å². The Labute approximate surface area is 195 Å². The molecule has 2 aromatic rings. The minimum Gasteiger partial charge on any atom is -0.378 e. The molecule has 2 fully saturated rings. The van der Waals surface area contributed by atoms with E-state index < -0.39 is 0 Å². The monoisotopic (exact) mass is 522 g/mol. The normalized spacial score (nSPS) is 18.2. The Morgan fingerprint density at radius 3 is 2.47 bits per heavy atom. The van der Waals surface area contributed by atoms with E-state index in [-0.39, 0.29) is 29.9 Å². The Morgan fingerprint density at radius 1 is 1.03 bits per heavy atom. The van der Waals surface area contributed by atoms with Crippen molar-refractivity contribution in [1.82, 2.24) is 15.1 Å². The van der Waals surface area contributed by atoms with Gasteiger partial charge in [-0.3, -0.25) is 9.79 Å². The van der Waals surface area contributed by atoms with Crippen molar-refractivity contribution in [1.29, 1.82) is 0 Å². The number of rotatable bonds is 3. The quantitative estimate of drug-likeness (QED) is 0.383. The summed E-state index contributed by atoms with van der Waals surface area (Å²) in [6.45, 7) is 5.23. The second-order valence-electron chi connectivity index (χ2n) is 7.74. The third-order valence-corrected chi connectivity index (χ3v) is 6.00. The maximum atomic E-state index is 12.7. The summed E-state index contributed by atoms with van der Waals surface area (Å²) >= 11 is 0. The molecule has 0 unspecified atom stereocenters. The van der Waals surface area contributed by atoms with Gasteiger partial charge in [0.05, 0.1) is 13.2 Å². The summed E-state index contributed by atoms with van der Waals surface area (Å²) in [5.41, 5.74) is 1.27. The highest BCUT2D eigenvalue weighted by atomic mass is 127. The maximum absolute atomic E-state index is 12.7. The lowest BCUT2D eigenvalue weighted by Crippen LogP contribution is -2.49. The first-order chi connectivity index (χ1) is 14.3. The third kappa shape index (κ3) is 5.24. The Kier molecular flexibility index (Phi) is 8.32. The SMILES string of the molecule is CN=C(NCc1cccc2ccccc12)N1CCC(C(=O)N2CCOCC2)CC1.I. The van der Waals surface area contributed by atoms with Crippen LogP contribution in [0.1, 0.15) is 18.4 Å². The predicted molar refractivity (Wildman–Crippen MR) is 131 cm³/mol. The summed E-state index contributed by atoms with van der Waals surface area (Å²) in [5, 5.41) is 6.04. The first kappa shape index (κ1) is 22.8. The third-order valence-electron chi connectivity index (χ3n) is 6.00. The number of ether oxygens (including phenoxy) is 1. The number of halogens is 1. The second kappa shape index (κ2) is 10.9. The van der Waals surface area contributed by atoms with Crippen molar-refractivity contribution in [2.24, 2.45) is 10.9 Å². The second-order valence-corrected chi connectivity index (χ2v) is 7.74. The lowest BCUT2D eigenvalue weighted by molar-refractivity contribution is -0.140. The molecule has 2 aromatic carbocycles. The van der Waals surface area contributed by atoms with Gasteiger partial charge < -0.3 is 19.9 Å². The molecule has 0 atom stereocenters. The van der Waals surface area contributed by atoms with Crippen molar-refractivity contribution in [3.63, 3.8) is 0 Å². The van der Waals surface area contributed by atoms with E-state index in [2.05, 4.69) is 57.7 Å². The van der Waals surface area contributed by atoms with Crippen LogP contribution in [0.5, 0.6) is 0 Å². The number of nitrogens with one attached hydrogen (secondary N) is 1. The van der Waals surface area contributed by atoms with Crippen LogP contribution in [-0.2, 0) is 16.1 Å². The number of likely N-dealkylation sites (tertiary alicyclic amines) is 1. The molecule has 1 N–H and O–H groups in total. The number of carbonyl (C=O) groups is 1. The molecule has 0 aromatic heterocycles. The van der Waals surface area contributed by atoms with Crippen molar-refractivity contribution >= 4 is 46.6 Å². The number of hydrogen-bond donors (Lipinski definition) is 1. The number of nitrogens with zero attached hydrogens (tertiary/aromatic N) is 3. The Morgan fingerprint density at radius 2 is 1.73 bits per heavy atom. The highest BCUT2D eigenvalue weighted by molar-refractivity contribution is 14.0. The Hall–Kier alpha value is -1.87. The molecule has 4 rings (SSSR count). The van der Waals surface area contributed by atoms with Gasteiger partial charge >= 0.3 is 0 Å². The fraction of sp³-hybridized carbons (Fsp3) is 0.478. The van der Waals surface area contributed by atoms with E-state index in [0.717, 1.165) is 51.5 Å². The van der Waals surface area contributed by atoms with Crippen LogP contribution in [0.3, 0.4) is 0 Å². The van der Waals surface area contributed by atoms with Gasteiger partial charge in [0.1, 0.15) is 0 Å². The first-order valence-electron chi connectivity index (χ1n) is 10.5. The van der Waals surface area contributed by atoms with Crippen LogP contribution < -0.4 is 5.32 Å². The molecule has 0 radical (unpaired) electrons. The lowest BCUT2D eigenvalue weighted by Gasteiger charge is -2.36. The molecule has 0 bridgehead atoms. The summed E-state index contributed by atoms with van der Waals surface area (Å²) in [4.78, 5) is 21.5. The molecule has 7 heteroatoms. The molecule has 2 aliphatic rings. The summed E-state index contributed by atoms with van der Waals surface area (Å²) < 4.78 is 5.36. The van der Waals surface area contributed by atoms with Gasteiger partial charge in [-0.05, 0) is 29.2 Å². The number of guanidine groups is 1. The number of amides is 1. The van der Waals surface area contributed by atoms with Gasteiger partial charge in [0.15, 0.2) is 5.96 Å². The molecule has 2 heterocycles. The van der Waals surface area contributed by atoms with Crippen LogP contribution in [0.25, 0.3) is 10.8 Å². The summed E-state index contributed by atoms with van der Waals surface area (Å²) in [7, 11) is 1.83. The number of carbonyl (C=O) groups excluding carboxylic acids is 1. The molecule has 0 spiro atoms. The fourth-order valence-corrected chi connectivity index (χ4v) is 4.33. The van der Waals surface area contributed by atoms with Gasteiger partial charge in [0.2, 0.25) is 5.91 Å². The molecular formula is C23H31IN4O2. The minimum absolute atomic E-state index is 0. The van der Waals surface area contributed by atoms with Crippen LogP contribution in [0.15, 0.2) is 47.5 Å². The first-order valence-corrected chi connectivity index (χ1v) is 10.5. The predicted octanol–water partition coefficient (Wildman–Crippen LogP) is 3.10. The highest BCUT2D eigenvalue weighted by Crippen LogP contribution is 2.21. The molecule has 30 heavy (non-hydrogen) atoms. The van der Waals surface area contributed by atoms with Crippen LogP contribution in [0, 0.1) is 5.92 Å². The molecule has 162 valence electrons. The van der Waals surface area contributed by atoms with Crippen LogP contribution in [0.4, 0.5) is 0 Å². The number of morpholine rings is 1. The van der Waals surface area contributed by atoms with Gasteiger partial charge in [0, 0.05) is 45.7 Å². The van der Waals surface area contributed by atoms with E-state index in [4.69, 9.17) is 4.74 Å². The van der Waals surface area contributed by atoms with Crippen molar-refractivity contribution in [2.75, 3.05) is 46.4 Å². The van der Waals surface area contributed by atoms with Gasteiger partial charge in [-0.25, -0.2) is 0 Å². The largest absolute Gasteiger partial charge is 0.378 e. The zero-order valence-electron chi connectivity index (χ0n) is 17.5. The van der Waals surface area contributed by atoms with Crippen LogP contribution in [0.2, 0.25) is 0 Å². The van der Waals surface area contributed by atoms with Crippen molar-refractivity contribution in [3.05, 3.63) is 48.0 Å². The van der Waals surface area contributed by atoms with Gasteiger partial charge in [-0.2, -0.15) is 0 Å². The Bertz CT molecular complexity index is 869. The Balaban J connectivity index is 0.00000256. The zero-order valence-corrected chi connectivity index (χ0v) is 19.9. The zero-order chi connectivity index (χ0) is 20.1. The molecule has 1 amide bonds. The number of fused-ring (bicyclic) bond motifs is 1. The van der Waals surface area contributed by atoms with E-state index in [1.54, 1.807) is 0 Å². The van der Waals surface area contributed by atoms with Crippen LogP contribution >= 0.6 is 24.0 Å². The molecule has 6 nitrogen and oxygen atoms in total. The number of piperidine rings is 1.